The van der Waals surface area contributed by atoms with Gasteiger partial charge in [-0.15, -0.1) is 11.3 Å². The first kappa shape index (κ1) is 17.8. The molecule has 0 bridgehead atoms. The van der Waals surface area contributed by atoms with Gasteiger partial charge in [0.15, 0.2) is 5.06 Å². The summed E-state index contributed by atoms with van der Waals surface area (Å²) < 4.78 is 5.98. The van der Waals surface area contributed by atoms with Crippen molar-refractivity contribution in [3.05, 3.63) is 81.3 Å². The Hall–Kier alpha value is -2.58. The van der Waals surface area contributed by atoms with E-state index in [1.165, 1.54) is 11.3 Å². The molecule has 0 amide bonds. The Kier molecular flexibility index (Phi) is 5.00. The summed E-state index contributed by atoms with van der Waals surface area (Å²) in [5.74, 6) is 0. The molecule has 0 N–H and O–H groups in total. The first-order valence-electron chi connectivity index (χ1n) is 8.10. The minimum absolute atomic E-state index is 0.338. The van der Waals surface area contributed by atoms with Gasteiger partial charge in [-0.05, 0) is 23.8 Å². The Bertz CT molecular complexity index is 1180. The van der Waals surface area contributed by atoms with Crippen molar-refractivity contribution in [1.29, 1.82) is 5.26 Å². The summed E-state index contributed by atoms with van der Waals surface area (Å²) in [4.78, 5) is 4.44. The van der Waals surface area contributed by atoms with Gasteiger partial charge in [0, 0.05) is 28.1 Å². The number of hydrogen-bond donors (Lipinski definition) is 0. The summed E-state index contributed by atoms with van der Waals surface area (Å²) in [5, 5.41) is 14.1. The quantitative estimate of drug-likeness (QED) is 0.374. The highest BCUT2D eigenvalue weighted by Crippen LogP contribution is 2.39. The molecule has 0 aliphatic carbocycles. The van der Waals surface area contributed by atoms with Crippen LogP contribution in [0.3, 0.4) is 0 Å². The van der Waals surface area contributed by atoms with E-state index in [4.69, 9.17) is 27.9 Å². The number of ether oxygens (including phenoxy) is 1. The van der Waals surface area contributed by atoms with E-state index in [-0.39, 0.29) is 0 Å². The monoisotopic (exact) mass is 410 g/mol. The van der Waals surface area contributed by atoms with Crippen LogP contribution in [0, 0.1) is 11.3 Å². The second-order valence-corrected chi connectivity index (χ2v) is 7.49. The van der Waals surface area contributed by atoms with Gasteiger partial charge in [0.05, 0.1) is 15.6 Å². The van der Waals surface area contributed by atoms with Crippen LogP contribution in [0.5, 0.6) is 5.06 Å². The molecule has 2 heterocycles. The van der Waals surface area contributed by atoms with E-state index < -0.39 is 0 Å². The second-order valence-electron chi connectivity index (χ2n) is 5.83. The van der Waals surface area contributed by atoms with E-state index in [1.807, 2.05) is 41.8 Å². The number of benzene rings is 2. The van der Waals surface area contributed by atoms with Crippen molar-refractivity contribution in [2.24, 2.45) is 0 Å². The first-order chi connectivity index (χ1) is 13.2. The van der Waals surface area contributed by atoms with Crippen LogP contribution in [0.15, 0.2) is 60.1 Å². The van der Waals surface area contributed by atoms with Gasteiger partial charge < -0.3 is 4.74 Å². The lowest BCUT2D eigenvalue weighted by molar-refractivity contribution is 0.316. The molecular formula is C21H12Cl2N2OS. The van der Waals surface area contributed by atoms with Gasteiger partial charge in [0.2, 0.25) is 0 Å². The SMILES string of the molecule is N#Cc1c(-c2ccc(Cl)c(Cl)c2)csc1OCc1cccc2cccnc12. The molecule has 0 unspecified atom stereocenters. The molecule has 0 saturated heterocycles. The largest absolute Gasteiger partial charge is 0.478 e. The van der Waals surface area contributed by atoms with Crippen LogP contribution in [0.2, 0.25) is 10.0 Å². The standard InChI is InChI=1S/C21H12Cl2N2OS/c22-18-7-6-14(9-19(18)23)17-12-27-21(16(17)10-24)26-11-15-4-1-3-13-5-2-8-25-20(13)15/h1-9,12H,11H2. The maximum absolute atomic E-state index is 9.65. The number of aromatic nitrogens is 1. The van der Waals surface area contributed by atoms with Gasteiger partial charge in [-0.25, -0.2) is 0 Å². The molecule has 0 aliphatic heterocycles. The molecule has 0 spiro atoms. The summed E-state index contributed by atoms with van der Waals surface area (Å²) in [6.45, 7) is 0.338. The summed E-state index contributed by atoms with van der Waals surface area (Å²) in [7, 11) is 0. The summed E-state index contributed by atoms with van der Waals surface area (Å²) in [6, 6.07) is 17.5. The Balaban J connectivity index is 1.64. The van der Waals surface area contributed by atoms with Gasteiger partial charge in [0.25, 0.3) is 0 Å². The van der Waals surface area contributed by atoms with E-state index >= 15 is 0 Å². The number of halogens is 2. The molecule has 0 aliphatic rings. The lowest BCUT2D eigenvalue weighted by atomic mass is 10.1. The van der Waals surface area contributed by atoms with Gasteiger partial charge in [-0.3, -0.25) is 4.98 Å². The molecule has 0 saturated carbocycles. The molecule has 2 aromatic heterocycles. The Morgan fingerprint density at radius 2 is 1.93 bits per heavy atom. The molecule has 3 nitrogen and oxygen atoms in total. The van der Waals surface area contributed by atoms with Gasteiger partial charge >= 0.3 is 0 Å². The highest BCUT2D eigenvalue weighted by atomic mass is 35.5. The van der Waals surface area contributed by atoms with E-state index in [9.17, 15) is 5.26 Å². The van der Waals surface area contributed by atoms with Crippen LogP contribution in [0.1, 0.15) is 11.1 Å². The molecular weight excluding hydrogens is 399 g/mol. The van der Waals surface area contributed by atoms with Crippen LogP contribution >= 0.6 is 34.5 Å². The predicted octanol–water partition coefficient (Wildman–Crippen LogP) is 6.72. The second kappa shape index (κ2) is 7.58. The Morgan fingerprint density at radius 3 is 2.74 bits per heavy atom. The van der Waals surface area contributed by atoms with Crippen molar-refractivity contribution in [2.75, 3.05) is 0 Å². The summed E-state index contributed by atoms with van der Waals surface area (Å²) in [6.07, 6.45) is 1.76. The lowest BCUT2D eigenvalue weighted by Gasteiger charge is -2.08. The number of thiophene rings is 1. The van der Waals surface area contributed by atoms with E-state index in [0.29, 0.717) is 27.3 Å². The number of hydrogen-bond acceptors (Lipinski definition) is 4. The average molecular weight is 411 g/mol. The molecule has 27 heavy (non-hydrogen) atoms. The number of rotatable bonds is 4. The lowest BCUT2D eigenvalue weighted by Crippen LogP contribution is -1.97. The third kappa shape index (κ3) is 3.50. The summed E-state index contributed by atoms with van der Waals surface area (Å²) >= 11 is 13.5. The van der Waals surface area contributed by atoms with E-state index in [1.54, 1.807) is 18.3 Å². The highest BCUT2D eigenvalue weighted by molar-refractivity contribution is 7.12. The minimum atomic E-state index is 0.338. The molecule has 132 valence electrons. The van der Waals surface area contributed by atoms with E-state index in [2.05, 4.69) is 11.1 Å². The fourth-order valence-corrected chi connectivity index (χ4v) is 4.03. The molecule has 4 rings (SSSR count). The van der Waals surface area contributed by atoms with Crippen molar-refractivity contribution < 1.29 is 4.74 Å². The fourth-order valence-electron chi connectivity index (χ4n) is 2.86. The van der Waals surface area contributed by atoms with Crippen LogP contribution in [0.25, 0.3) is 22.0 Å². The van der Waals surface area contributed by atoms with Crippen molar-refractivity contribution in [1.82, 2.24) is 4.98 Å². The predicted molar refractivity (Wildman–Crippen MR) is 111 cm³/mol. The molecule has 4 aromatic rings. The zero-order valence-corrected chi connectivity index (χ0v) is 16.3. The molecule has 0 atom stereocenters. The molecule has 6 heteroatoms. The van der Waals surface area contributed by atoms with Crippen LogP contribution in [-0.4, -0.2) is 4.98 Å². The van der Waals surface area contributed by atoms with Crippen LogP contribution < -0.4 is 4.74 Å². The average Bonchev–Trinajstić information content (AvgIpc) is 3.11. The zero-order valence-electron chi connectivity index (χ0n) is 13.9. The Morgan fingerprint density at radius 1 is 1.07 bits per heavy atom. The number of nitrogens with zero attached hydrogens (tertiary/aromatic N) is 2. The molecule has 2 aromatic carbocycles. The third-order valence-corrected chi connectivity index (χ3v) is 5.80. The van der Waals surface area contributed by atoms with Gasteiger partial charge in [0.1, 0.15) is 18.2 Å². The van der Waals surface area contributed by atoms with Crippen LogP contribution in [0.4, 0.5) is 0 Å². The molecule has 0 fully saturated rings. The molecule has 0 radical (unpaired) electrons. The zero-order chi connectivity index (χ0) is 18.8. The maximum atomic E-state index is 9.65. The topological polar surface area (TPSA) is 45.9 Å². The maximum Gasteiger partial charge on any atom is 0.192 e. The van der Waals surface area contributed by atoms with Crippen molar-refractivity contribution in [2.45, 2.75) is 6.61 Å². The normalized spacial score (nSPS) is 10.7. The number of para-hydroxylation sites is 1. The van der Waals surface area contributed by atoms with E-state index in [0.717, 1.165) is 27.6 Å². The van der Waals surface area contributed by atoms with Crippen molar-refractivity contribution >= 4 is 45.4 Å². The van der Waals surface area contributed by atoms with Gasteiger partial charge in [-0.2, -0.15) is 5.26 Å². The van der Waals surface area contributed by atoms with Crippen molar-refractivity contribution in [3.8, 4) is 22.3 Å². The fraction of sp³-hybridized carbons (Fsp3) is 0.0476. The minimum Gasteiger partial charge on any atom is -0.478 e. The number of nitriles is 1. The Labute approximate surface area is 170 Å². The highest BCUT2D eigenvalue weighted by Gasteiger charge is 2.16. The summed E-state index contributed by atoms with van der Waals surface area (Å²) in [5.41, 5.74) is 3.99. The number of pyridine rings is 1. The number of fused-ring (bicyclic) bond motifs is 1. The van der Waals surface area contributed by atoms with Gasteiger partial charge in [-0.1, -0.05) is 53.5 Å². The third-order valence-electron chi connectivity index (χ3n) is 4.17. The van der Waals surface area contributed by atoms with Crippen LogP contribution in [-0.2, 0) is 6.61 Å². The first-order valence-corrected chi connectivity index (χ1v) is 9.73. The smallest absolute Gasteiger partial charge is 0.192 e. The van der Waals surface area contributed by atoms with Crippen molar-refractivity contribution in [3.63, 3.8) is 0 Å².